The van der Waals surface area contributed by atoms with Crippen LogP contribution in [0.5, 0.6) is 0 Å². The lowest BCUT2D eigenvalue weighted by Gasteiger charge is -2.16. The molecule has 0 saturated heterocycles. The van der Waals surface area contributed by atoms with Crippen LogP contribution in [0.2, 0.25) is 0 Å². The second-order valence-electron chi connectivity index (χ2n) is 5.05. The first kappa shape index (κ1) is 13.7. The summed E-state index contributed by atoms with van der Waals surface area (Å²) in [6, 6.07) is 3.26. The van der Waals surface area contributed by atoms with Crippen LogP contribution in [-0.2, 0) is 6.54 Å². The molecule has 2 aromatic rings. The molecule has 18 heavy (non-hydrogen) atoms. The fourth-order valence-electron chi connectivity index (χ4n) is 1.83. The molecule has 5 heteroatoms. The summed E-state index contributed by atoms with van der Waals surface area (Å²) in [4.78, 5) is 3.12. The number of halogens is 2. The summed E-state index contributed by atoms with van der Waals surface area (Å²) in [7, 11) is 0. The first-order chi connectivity index (χ1) is 8.40. The molecule has 1 aromatic carbocycles. The van der Waals surface area contributed by atoms with Crippen LogP contribution in [0.15, 0.2) is 16.6 Å². The third-order valence-electron chi connectivity index (χ3n) is 3.42. The van der Waals surface area contributed by atoms with Gasteiger partial charge in [0.2, 0.25) is 0 Å². The highest BCUT2D eigenvalue weighted by atomic mass is 79.9. The molecule has 2 nitrogen and oxygen atoms in total. The van der Waals surface area contributed by atoms with Gasteiger partial charge >= 0.3 is 0 Å². The maximum absolute atomic E-state index is 13.6. The Balaban J connectivity index is 2.53. The summed E-state index contributed by atoms with van der Waals surface area (Å²) in [5.74, 6) is 0.794. The van der Waals surface area contributed by atoms with Gasteiger partial charge in [0.1, 0.15) is 5.82 Å². The van der Waals surface area contributed by atoms with Gasteiger partial charge in [-0.05, 0) is 46.0 Å². The highest BCUT2D eigenvalue weighted by Gasteiger charge is 2.13. The largest absolute Gasteiger partial charge is 0.331 e. The molecule has 1 unspecified atom stereocenters. The van der Waals surface area contributed by atoms with E-state index in [1.54, 1.807) is 6.07 Å². The van der Waals surface area contributed by atoms with Crippen LogP contribution in [0.1, 0.15) is 20.8 Å². The number of fused-ring (bicyclic) bond motifs is 1. The van der Waals surface area contributed by atoms with Crippen LogP contribution in [0.4, 0.5) is 4.39 Å². The average molecular weight is 331 g/mol. The molecule has 2 rings (SSSR count). The maximum Gasteiger partial charge on any atom is 0.178 e. The van der Waals surface area contributed by atoms with E-state index in [0.717, 1.165) is 17.6 Å². The van der Waals surface area contributed by atoms with Crippen molar-refractivity contribution in [2.45, 2.75) is 27.3 Å². The Morgan fingerprint density at radius 3 is 2.67 bits per heavy atom. The summed E-state index contributed by atoms with van der Waals surface area (Å²) >= 11 is 8.50. The number of nitrogens with one attached hydrogen (secondary N) is 1. The second-order valence-corrected chi connectivity index (χ2v) is 6.29. The van der Waals surface area contributed by atoms with Crippen LogP contribution in [0, 0.1) is 22.4 Å². The highest BCUT2D eigenvalue weighted by molar-refractivity contribution is 9.10. The lowest BCUT2D eigenvalue weighted by atomic mass is 9.98. The fraction of sp³-hybridized carbons (Fsp3) is 0.462. The first-order valence-corrected chi connectivity index (χ1v) is 7.18. The summed E-state index contributed by atoms with van der Waals surface area (Å²) in [5, 5.41) is 0. The number of aromatic amines is 1. The SMILES string of the molecule is CC(C)C(C)Cn1c(=S)[nH]c2cc(Br)c(F)cc21. The minimum atomic E-state index is -0.262. The van der Waals surface area contributed by atoms with Crippen molar-refractivity contribution >= 4 is 39.2 Å². The number of aromatic nitrogens is 2. The van der Waals surface area contributed by atoms with Gasteiger partial charge in [-0.15, -0.1) is 0 Å². The molecular formula is C13H16BrFN2S. The van der Waals surface area contributed by atoms with Gasteiger partial charge in [-0.25, -0.2) is 4.39 Å². The molecule has 1 N–H and O–H groups in total. The number of imidazole rings is 1. The average Bonchev–Trinajstić information content (AvgIpc) is 2.56. The van der Waals surface area contributed by atoms with E-state index < -0.39 is 0 Å². The molecule has 1 heterocycles. The number of hydrogen-bond acceptors (Lipinski definition) is 1. The zero-order chi connectivity index (χ0) is 13.4. The predicted molar refractivity (Wildman–Crippen MR) is 78.8 cm³/mol. The summed E-state index contributed by atoms with van der Waals surface area (Å²) in [6.45, 7) is 7.35. The van der Waals surface area contributed by atoms with Crippen molar-refractivity contribution in [2.24, 2.45) is 11.8 Å². The Morgan fingerprint density at radius 2 is 2.06 bits per heavy atom. The lowest BCUT2D eigenvalue weighted by Crippen LogP contribution is -2.13. The Bertz CT molecular complexity index is 630. The number of hydrogen-bond donors (Lipinski definition) is 1. The molecule has 0 saturated carbocycles. The van der Waals surface area contributed by atoms with Gasteiger partial charge in [0, 0.05) is 12.6 Å². The molecular weight excluding hydrogens is 315 g/mol. The smallest absolute Gasteiger partial charge is 0.178 e. The Hall–Kier alpha value is -0.680. The van der Waals surface area contributed by atoms with Gasteiger partial charge in [0.15, 0.2) is 4.77 Å². The first-order valence-electron chi connectivity index (χ1n) is 5.97. The van der Waals surface area contributed by atoms with Crippen molar-refractivity contribution < 1.29 is 4.39 Å². The van der Waals surface area contributed by atoms with Crippen LogP contribution in [0.3, 0.4) is 0 Å². The number of H-pyrrole nitrogens is 1. The van der Waals surface area contributed by atoms with Crippen molar-refractivity contribution in [2.75, 3.05) is 0 Å². The van der Waals surface area contributed by atoms with Gasteiger partial charge in [0.25, 0.3) is 0 Å². The fourth-order valence-corrected chi connectivity index (χ4v) is 2.46. The molecule has 0 aliphatic rings. The van der Waals surface area contributed by atoms with Crippen LogP contribution >= 0.6 is 28.1 Å². The molecule has 0 radical (unpaired) electrons. The molecule has 0 spiro atoms. The zero-order valence-electron chi connectivity index (χ0n) is 10.6. The molecule has 0 bridgehead atoms. The van der Waals surface area contributed by atoms with Crippen LogP contribution in [-0.4, -0.2) is 9.55 Å². The number of rotatable bonds is 3. The molecule has 98 valence electrons. The predicted octanol–water partition coefficient (Wildman–Crippen LogP) is 4.89. The molecule has 0 aliphatic heterocycles. The third-order valence-corrected chi connectivity index (χ3v) is 4.35. The zero-order valence-corrected chi connectivity index (χ0v) is 13.0. The third kappa shape index (κ3) is 2.52. The van der Waals surface area contributed by atoms with Crippen molar-refractivity contribution in [1.82, 2.24) is 9.55 Å². The monoisotopic (exact) mass is 330 g/mol. The molecule has 0 aliphatic carbocycles. The molecule has 0 fully saturated rings. The normalized spacial score (nSPS) is 13.4. The minimum absolute atomic E-state index is 0.262. The number of nitrogens with zero attached hydrogens (tertiary/aromatic N) is 1. The van der Waals surface area contributed by atoms with Gasteiger partial charge in [-0.3, -0.25) is 0 Å². The summed E-state index contributed by atoms with van der Waals surface area (Å²) < 4.78 is 16.7. The topological polar surface area (TPSA) is 20.7 Å². The van der Waals surface area contributed by atoms with Crippen molar-refractivity contribution in [3.63, 3.8) is 0 Å². The van der Waals surface area contributed by atoms with Crippen molar-refractivity contribution in [3.8, 4) is 0 Å². The molecule has 1 aromatic heterocycles. The minimum Gasteiger partial charge on any atom is -0.331 e. The standard InChI is InChI=1S/C13H16BrFN2S/c1-7(2)8(3)6-17-12-5-10(15)9(14)4-11(12)16-13(17)18/h4-5,7-8H,6H2,1-3H3,(H,16,18). The Labute approximate surface area is 119 Å². The van der Waals surface area contributed by atoms with Gasteiger partial charge < -0.3 is 9.55 Å². The Kier molecular flexibility index (Phi) is 3.92. The van der Waals surface area contributed by atoms with E-state index in [1.807, 2.05) is 4.57 Å². The lowest BCUT2D eigenvalue weighted by molar-refractivity contribution is 0.367. The van der Waals surface area contributed by atoms with Crippen molar-refractivity contribution in [1.29, 1.82) is 0 Å². The Morgan fingerprint density at radius 1 is 1.39 bits per heavy atom. The highest BCUT2D eigenvalue weighted by Crippen LogP contribution is 2.24. The quantitative estimate of drug-likeness (QED) is 0.794. The van der Waals surface area contributed by atoms with E-state index in [4.69, 9.17) is 12.2 Å². The number of benzene rings is 1. The molecule has 1 atom stereocenters. The summed E-state index contributed by atoms with van der Waals surface area (Å²) in [6.07, 6.45) is 0. The van der Waals surface area contributed by atoms with E-state index in [-0.39, 0.29) is 5.82 Å². The van der Waals surface area contributed by atoms with E-state index in [2.05, 4.69) is 41.7 Å². The van der Waals surface area contributed by atoms with Gasteiger partial charge in [-0.1, -0.05) is 20.8 Å². The summed E-state index contributed by atoms with van der Waals surface area (Å²) in [5.41, 5.74) is 1.69. The van der Waals surface area contributed by atoms with Crippen LogP contribution in [0.25, 0.3) is 11.0 Å². The van der Waals surface area contributed by atoms with E-state index in [0.29, 0.717) is 21.1 Å². The second kappa shape index (κ2) is 5.13. The van der Waals surface area contributed by atoms with E-state index >= 15 is 0 Å². The van der Waals surface area contributed by atoms with Gasteiger partial charge in [-0.2, -0.15) is 0 Å². The molecule has 0 amide bonds. The van der Waals surface area contributed by atoms with E-state index in [1.165, 1.54) is 6.07 Å². The van der Waals surface area contributed by atoms with Gasteiger partial charge in [0.05, 0.1) is 15.5 Å². The van der Waals surface area contributed by atoms with E-state index in [9.17, 15) is 4.39 Å². The maximum atomic E-state index is 13.6. The van der Waals surface area contributed by atoms with Crippen molar-refractivity contribution in [3.05, 3.63) is 27.2 Å². The van der Waals surface area contributed by atoms with Crippen LogP contribution < -0.4 is 0 Å².